The smallest absolute Gasteiger partial charge is 0.123 e. The van der Waals surface area contributed by atoms with Crippen LogP contribution in [-0.4, -0.2) is 18.8 Å². The van der Waals surface area contributed by atoms with Gasteiger partial charge in [0.25, 0.3) is 0 Å². The first-order chi connectivity index (χ1) is 9.99. The molecular weight excluding hydrogens is 284 g/mol. The number of epoxide rings is 1. The fraction of sp³-hybridized carbons (Fsp3) is 0.667. The van der Waals surface area contributed by atoms with Gasteiger partial charge in [-0.1, -0.05) is 32.4 Å². The molecule has 0 bridgehead atoms. The third kappa shape index (κ3) is 3.73. The Morgan fingerprint density at radius 3 is 2.62 bits per heavy atom. The first-order valence-corrected chi connectivity index (χ1v) is 8.44. The molecule has 0 N–H and O–H groups in total. The topological polar surface area (TPSA) is 21.8 Å². The number of hydrogen-bond donors (Lipinski definition) is 0. The highest BCUT2D eigenvalue weighted by molar-refractivity contribution is 6.32. The zero-order valence-electron chi connectivity index (χ0n) is 13.8. The Bertz CT molecular complexity index is 498. The van der Waals surface area contributed by atoms with Crippen LogP contribution in [0.15, 0.2) is 6.07 Å². The predicted octanol–water partition coefficient (Wildman–Crippen LogP) is 5.10. The third-order valence-corrected chi connectivity index (χ3v) is 4.93. The molecule has 21 heavy (non-hydrogen) atoms. The van der Waals surface area contributed by atoms with Gasteiger partial charge in [0.15, 0.2) is 0 Å². The van der Waals surface area contributed by atoms with Crippen molar-refractivity contribution in [3.8, 4) is 5.75 Å². The average Bonchev–Trinajstić information content (AvgIpc) is 3.25. The molecule has 0 aromatic heterocycles. The average molecular weight is 311 g/mol. The van der Waals surface area contributed by atoms with Gasteiger partial charge in [-0.25, -0.2) is 0 Å². The molecule has 0 saturated carbocycles. The maximum absolute atomic E-state index is 6.44. The second-order valence-electron chi connectivity index (χ2n) is 6.19. The predicted molar refractivity (Wildman–Crippen MR) is 88.5 cm³/mol. The maximum atomic E-state index is 6.44. The largest absolute Gasteiger partial charge is 0.493 e. The molecule has 0 spiro atoms. The molecule has 3 heteroatoms. The van der Waals surface area contributed by atoms with E-state index in [0.29, 0.717) is 18.1 Å². The van der Waals surface area contributed by atoms with Crippen LogP contribution >= 0.6 is 11.6 Å². The molecule has 1 aromatic rings. The Kier molecular flexibility index (Phi) is 5.56. The Hall–Kier alpha value is -0.730. The minimum atomic E-state index is 0.397. The van der Waals surface area contributed by atoms with Gasteiger partial charge >= 0.3 is 0 Å². The molecule has 1 aliphatic heterocycles. The molecule has 118 valence electrons. The zero-order chi connectivity index (χ0) is 15.6. The highest BCUT2D eigenvalue weighted by Crippen LogP contribution is 2.38. The Morgan fingerprint density at radius 2 is 2.05 bits per heavy atom. The summed E-state index contributed by atoms with van der Waals surface area (Å²) < 4.78 is 11.7. The van der Waals surface area contributed by atoms with Gasteiger partial charge in [0.2, 0.25) is 0 Å². The van der Waals surface area contributed by atoms with Crippen molar-refractivity contribution in [3.05, 3.63) is 27.8 Å². The molecule has 2 rings (SSSR count). The summed E-state index contributed by atoms with van der Waals surface area (Å²) in [4.78, 5) is 0. The molecular formula is C18H27ClO2. The van der Waals surface area contributed by atoms with Crippen LogP contribution in [0.2, 0.25) is 5.02 Å². The van der Waals surface area contributed by atoms with E-state index in [0.717, 1.165) is 47.8 Å². The summed E-state index contributed by atoms with van der Waals surface area (Å²) >= 11 is 6.44. The van der Waals surface area contributed by atoms with Gasteiger partial charge in [-0.15, -0.1) is 0 Å². The SMILES string of the molecule is CCCOc1cc(C)c(Cl)c(C)c1CC(C)C1OC1CC. The Morgan fingerprint density at radius 1 is 1.33 bits per heavy atom. The summed E-state index contributed by atoms with van der Waals surface area (Å²) in [6.45, 7) is 11.5. The van der Waals surface area contributed by atoms with Crippen LogP contribution in [-0.2, 0) is 11.2 Å². The van der Waals surface area contributed by atoms with Crippen molar-refractivity contribution in [2.24, 2.45) is 5.92 Å². The van der Waals surface area contributed by atoms with Gasteiger partial charge in [0.1, 0.15) is 5.75 Å². The van der Waals surface area contributed by atoms with Gasteiger partial charge < -0.3 is 9.47 Å². The summed E-state index contributed by atoms with van der Waals surface area (Å²) in [6.07, 6.45) is 3.92. The van der Waals surface area contributed by atoms with Crippen LogP contribution < -0.4 is 4.74 Å². The first kappa shape index (κ1) is 16.6. The van der Waals surface area contributed by atoms with E-state index in [-0.39, 0.29) is 0 Å². The summed E-state index contributed by atoms with van der Waals surface area (Å²) in [7, 11) is 0. The molecule has 1 aromatic carbocycles. The van der Waals surface area contributed by atoms with Gasteiger partial charge in [-0.05, 0) is 61.8 Å². The van der Waals surface area contributed by atoms with Crippen LogP contribution in [0, 0.1) is 19.8 Å². The molecule has 0 radical (unpaired) electrons. The Labute approximate surface area is 133 Å². The number of ether oxygens (including phenoxy) is 2. The number of rotatable bonds is 7. The van der Waals surface area contributed by atoms with Gasteiger partial charge in [-0.2, -0.15) is 0 Å². The lowest BCUT2D eigenvalue weighted by Crippen LogP contribution is -2.12. The van der Waals surface area contributed by atoms with Gasteiger partial charge in [-0.3, -0.25) is 0 Å². The second-order valence-corrected chi connectivity index (χ2v) is 6.56. The zero-order valence-corrected chi connectivity index (χ0v) is 14.6. The third-order valence-electron chi connectivity index (χ3n) is 4.35. The molecule has 3 atom stereocenters. The lowest BCUT2D eigenvalue weighted by Gasteiger charge is -2.19. The van der Waals surface area contributed by atoms with Crippen LogP contribution in [0.3, 0.4) is 0 Å². The van der Waals surface area contributed by atoms with E-state index in [1.165, 1.54) is 5.56 Å². The minimum Gasteiger partial charge on any atom is -0.493 e. The normalized spacial score (nSPS) is 22.2. The number of hydrogen-bond acceptors (Lipinski definition) is 2. The van der Waals surface area contributed by atoms with E-state index >= 15 is 0 Å². The minimum absolute atomic E-state index is 0.397. The summed E-state index contributed by atoms with van der Waals surface area (Å²) in [6, 6.07) is 2.08. The monoisotopic (exact) mass is 310 g/mol. The van der Waals surface area contributed by atoms with Gasteiger partial charge in [0, 0.05) is 5.02 Å². The quantitative estimate of drug-likeness (QED) is 0.653. The highest BCUT2D eigenvalue weighted by Gasteiger charge is 2.41. The van der Waals surface area contributed by atoms with Crippen molar-refractivity contribution in [3.63, 3.8) is 0 Å². The molecule has 3 unspecified atom stereocenters. The van der Waals surface area contributed by atoms with E-state index in [9.17, 15) is 0 Å². The molecule has 1 aliphatic rings. The summed E-state index contributed by atoms with van der Waals surface area (Å²) in [5.74, 6) is 1.49. The van der Waals surface area contributed by atoms with Crippen LogP contribution in [0.4, 0.5) is 0 Å². The maximum Gasteiger partial charge on any atom is 0.123 e. The van der Waals surface area contributed by atoms with Crippen LogP contribution in [0.1, 0.15) is 50.3 Å². The van der Waals surface area contributed by atoms with Crippen LogP contribution in [0.5, 0.6) is 5.75 Å². The standard InChI is InChI=1S/C18H27ClO2/c1-6-8-20-16-10-11(3)17(19)13(5)14(16)9-12(4)18-15(7-2)21-18/h10,12,15,18H,6-9H2,1-5H3. The van der Waals surface area contributed by atoms with Crippen LogP contribution in [0.25, 0.3) is 0 Å². The highest BCUT2D eigenvalue weighted by atomic mass is 35.5. The fourth-order valence-electron chi connectivity index (χ4n) is 2.98. The molecule has 0 aliphatic carbocycles. The molecule has 0 amide bonds. The number of benzene rings is 1. The van der Waals surface area contributed by atoms with E-state index in [4.69, 9.17) is 21.1 Å². The fourth-order valence-corrected chi connectivity index (χ4v) is 3.15. The van der Waals surface area contributed by atoms with Crippen molar-refractivity contribution in [1.82, 2.24) is 0 Å². The van der Waals surface area contributed by atoms with E-state index in [1.807, 2.05) is 6.92 Å². The molecule has 2 nitrogen and oxygen atoms in total. The van der Waals surface area contributed by atoms with Crippen molar-refractivity contribution >= 4 is 11.6 Å². The lowest BCUT2D eigenvalue weighted by atomic mass is 9.91. The molecule has 1 saturated heterocycles. The van der Waals surface area contributed by atoms with Crippen molar-refractivity contribution in [1.29, 1.82) is 0 Å². The summed E-state index contributed by atoms with van der Waals surface area (Å²) in [5, 5.41) is 0.866. The summed E-state index contributed by atoms with van der Waals surface area (Å²) in [5.41, 5.74) is 3.49. The van der Waals surface area contributed by atoms with Crippen molar-refractivity contribution in [2.45, 2.75) is 66.1 Å². The Balaban J connectivity index is 2.21. The molecule has 1 fully saturated rings. The van der Waals surface area contributed by atoms with E-state index in [1.54, 1.807) is 0 Å². The van der Waals surface area contributed by atoms with Gasteiger partial charge in [0.05, 0.1) is 18.8 Å². The second kappa shape index (κ2) is 7.02. The van der Waals surface area contributed by atoms with E-state index < -0.39 is 0 Å². The number of halogens is 1. The van der Waals surface area contributed by atoms with Crippen molar-refractivity contribution in [2.75, 3.05) is 6.61 Å². The van der Waals surface area contributed by atoms with E-state index in [2.05, 4.69) is 33.8 Å². The first-order valence-electron chi connectivity index (χ1n) is 8.06. The lowest BCUT2D eigenvalue weighted by molar-refractivity contribution is 0.303. The molecule has 1 heterocycles. The van der Waals surface area contributed by atoms with Crippen molar-refractivity contribution < 1.29 is 9.47 Å². The number of aryl methyl sites for hydroxylation is 1.